The SMILES string of the molecule is CCOc1cccc2cc(C(=O)Nc3ccc4ncsc4c3)oc12. The highest BCUT2D eigenvalue weighted by Crippen LogP contribution is 2.29. The number of benzene rings is 2. The van der Waals surface area contributed by atoms with Crippen molar-refractivity contribution in [1.82, 2.24) is 4.98 Å². The van der Waals surface area contributed by atoms with Gasteiger partial charge in [-0.2, -0.15) is 0 Å². The molecule has 0 saturated heterocycles. The van der Waals surface area contributed by atoms with Gasteiger partial charge >= 0.3 is 0 Å². The summed E-state index contributed by atoms with van der Waals surface area (Å²) in [5.74, 6) is 0.596. The fraction of sp³-hybridized carbons (Fsp3) is 0.111. The molecule has 0 radical (unpaired) electrons. The molecule has 0 aliphatic carbocycles. The van der Waals surface area contributed by atoms with E-state index in [9.17, 15) is 4.79 Å². The molecule has 4 aromatic rings. The maximum Gasteiger partial charge on any atom is 0.291 e. The van der Waals surface area contributed by atoms with Crippen LogP contribution in [-0.2, 0) is 0 Å². The molecule has 6 heteroatoms. The Morgan fingerprint density at radius 1 is 1.29 bits per heavy atom. The highest BCUT2D eigenvalue weighted by atomic mass is 32.1. The van der Waals surface area contributed by atoms with Gasteiger partial charge < -0.3 is 14.5 Å². The van der Waals surface area contributed by atoms with Crippen molar-refractivity contribution in [2.45, 2.75) is 6.92 Å². The van der Waals surface area contributed by atoms with Gasteiger partial charge in [-0.1, -0.05) is 12.1 Å². The lowest BCUT2D eigenvalue weighted by molar-refractivity contribution is 0.0998. The fourth-order valence-corrected chi connectivity index (χ4v) is 3.26. The van der Waals surface area contributed by atoms with E-state index in [0.29, 0.717) is 23.6 Å². The van der Waals surface area contributed by atoms with Gasteiger partial charge in [-0.15, -0.1) is 11.3 Å². The fourth-order valence-electron chi connectivity index (χ4n) is 2.54. The normalized spacial score (nSPS) is 11.0. The van der Waals surface area contributed by atoms with E-state index < -0.39 is 0 Å². The Morgan fingerprint density at radius 2 is 2.21 bits per heavy atom. The van der Waals surface area contributed by atoms with Crippen molar-refractivity contribution in [3.05, 3.63) is 53.7 Å². The smallest absolute Gasteiger partial charge is 0.291 e. The molecule has 0 unspecified atom stereocenters. The molecule has 0 atom stereocenters. The summed E-state index contributed by atoms with van der Waals surface area (Å²) < 4.78 is 12.3. The molecule has 24 heavy (non-hydrogen) atoms. The molecule has 1 N–H and O–H groups in total. The van der Waals surface area contributed by atoms with E-state index in [1.807, 2.05) is 43.3 Å². The lowest BCUT2D eigenvalue weighted by Gasteiger charge is -2.03. The van der Waals surface area contributed by atoms with Gasteiger partial charge in [0.1, 0.15) is 0 Å². The minimum absolute atomic E-state index is 0.251. The molecule has 0 bridgehead atoms. The number of thiazole rings is 1. The van der Waals surface area contributed by atoms with E-state index in [2.05, 4.69) is 10.3 Å². The van der Waals surface area contributed by atoms with E-state index in [4.69, 9.17) is 9.15 Å². The number of rotatable bonds is 4. The maximum absolute atomic E-state index is 12.5. The summed E-state index contributed by atoms with van der Waals surface area (Å²) in [4.78, 5) is 16.7. The Balaban J connectivity index is 1.64. The molecule has 0 fully saturated rings. The molecule has 2 heterocycles. The number of nitrogens with one attached hydrogen (secondary N) is 1. The summed E-state index contributed by atoms with van der Waals surface area (Å²) in [7, 11) is 0. The first-order valence-electron chi connectivity index (χ1n) is 7.54. The van der Waals surface area contributed by atoms with E-state index >= 15 is 0 Å². The van der Waals surface area contributed by atoms with E-state index in [1.54, 1.807) is 11.6 Å². The van der Waals surface area contributed by atoms with Crippen LogP contribution in [-0.4, -0.2) is 17.5 Å². The molecule has 0 aliphatic rings. The third kappa shape index (κ3) is 2.61. The summed E-state index contributed by atoms with van der Waals surface area (Å²) in [5, 5.41) is 3.70. The van der Waals surface area contributed by atoms with Crippen molar-refractivity contribution in [2.75, 3.05) is 11.9 Å². The van der Waals surface area contributed by atoms with Gasteiger partial charge in [0.15, 0.2) is 17.1 Å². The average molecular weight is 338 g/mol. The number of carbonyl (C=O) groups excluding carboxylic acids is 1. The van der Waals surface area contributed by atoms with Crippen molar-refractivity contribution in [3.8, 4) is 5.75 Å². The van der Waals surface area contributed by atoms with Crippen LogP contribution in [0, 0.1) is 0 Å². The predicted octanol–water partition coefficient (Wildman–Crippen LogP) is 4.69. The van der Waals surface area contributed by atoms with Crippen LogP contribution in [0.1, 0.15) is 17.5 Å². The quantitative estimate of drug-likeness (QED) is 0.586. The zero-order valence-corrected chi connectivity index (χ0v) is 13.7. The average Bonchev–Trinajstić information content (AvgIpc) is 3.21. The summed E-state index contributed by atoms with van der Waals surface area (Å²) in [6, 6.07) is 12.9. The maximum atomic E-state index is 12.5. The van der Waals surface area contributed by atoms with Gasteiger partial charge in [-0.3, -0.25) is 4.79 Å². The number of fused-ring (bicyclic) bond motifs is 2. The molecule has 4 rings (SSSR count). The second-order valence-corrected chi connectivity index (χ2v) is 6.09. The highest BCUT2D eigenvalue weighted by molar-refractivity contribution is 7.16. The van der Waals surface area contributed by atoms with E-state index in [-0.39, 0.29) is 11.7 Å². The van der Waals surface area contributed by atoms with Crippen LogP contribution in [0.4, 0.5) is 5.69 Å². The number of carbonyl (C=O) groups is 1. The van der Waals surface area contributed by atoms with Crippen molar-refractivity contribution < 1.29 is 13.9 Å². The zero-order valence-electron chi connectivity index (χ0n) is 12.9. The summed E-state index contributed by atoms with van der Waals surface area (Å²) in [6.07, 6.45) is 0. The first-order chi connectivity index (χ1) is 11.7. The minimum Gasteiger partial charge on any atom is -0.490 e. The van der Waals surface area contributed by atoms with Crippen molar-refractivity contribution in [1.29, 1.82) is 0 Å². The van der Waals surface area contributed by atoms with Crippen molar-refractivity contribution in [2.24, 2.45) is 0 Å². The first kappa shape index (κ1) is 14.7. The molecule has 0 saturated carbocycles. The number of hydrogen-bond donors (Lipinski definition) is 1. The van der Waals surface area contributed by atoms with Gasteiger partial charge in [-0.05, 0) is 37.3 Å². The Labute approximate surface area is 141 Å². The third-order valence-corrected chi connectivity index (χ3v) is 4.41. The number of aromatic nitrogens is 1. The Bertz CT molecular complexity index is 1040. The van der Waals surface area contributed by atoms with Gasteiger partial charge in [0.05, 0.1) is 22.3 Å². The van der Waals surface area contributed by atoms with Gasteiger partial charge in [-0.25, -0.2) is 4.98 Å². The summed E-state index contributed by atoms with van der Waals surface area (Å²) >= 11 is 1.53. The molecular formula is C18H14N2O3S. The van der Waals surface area contributed by atoms with Crippen LogP contribution in [0.3, 0.4) is 0 Å². The number of ether oxygens (including phenoxy) is 1. The Morgan fingerprint density at radius 3 is 3.08 bits per heavy atom. The topological polar surface area (TPSA) is 64.4 Å². The number of anilines is 1. The Hall–Kier alpha value is -2.86. The summed E-state index contributed by atoms with van der Waals surface area (Å²) in [6.45, 7) is 2.45. The molecule has 2 aromatic heterocycles. The minimum atomic E-state index is -0.294. The zero-order chi connectivity index (χ0) is 16.5. The standard InChI is InChI=1S/C18H14N2O3S/c1-2-22-14-5-3-4-11-8-15(23-17(11)14)18(21)20-12-6-7-13-16(9-12)24-10-19-13/h3-10H,2H2,1H3,(H,20,21). The molecule has 0 aliphatic heterocycles. The van der Waals surface area contributed by atoms with E-state index in [1.165, 1.54) is 11.3 Å². The molecule has 2 aromatic carbocycles. The van der Waals surface area contributed by atoms with Crippen LogP contribution < -0.4 is 10.1 Å². The molecule has 5 nitrogen and oxygen atoms in total. The molecular weight excluding hydrogens is 324 g/mol. The third-order valence-electron chi connectivity index (χ3n) is 3.62. The number of nitrogens with zero attached hydrogens (tertiary/aromatic N) is 1. The van der Waals surface area contributed by atoms with Crippen molar-refractivity contribution in [3.63, 3.8) is 0 Å². The number of furan rings is 1. The second-order valence-electron chi connectivity index (χ2n) is 5.21. The van der Waals surface area contributed by atoms with Crippen LogP contribution in [0.2, 0.25) is 0 Å². The highest BCUT2D eigenvalue weighted by Gasteiger charge is 2.15. The largest absolute Gasteiger partial charge is 0.490 e. The number of hydrogen-bond acceptors (Lipinski definition) is 5. The monoisotopic (exact) mass is 338 g/mol. The number of amides is 1. The van der Waals surface area contributed by atoms with Gasteiger partial charge in [0, 0.05) is 11.1 Å². The van der Waals surface area contributed by atoms with Crippen LogP contribution in [0.5, 0.6) is 5.75 Å². The Kier molecular flexibility index (Phi) is 3.66. The lowest BCUT2D eigenvalue weighted by atomic mass is 10.2. The van der Waals surface area contributed by atoms with Gasteiger partial charge in [0.2, 0.25) is 0 Å². The van der Waals surface area contributed by atoms with Crippen LogP contribution in [0.15, 0.2) is 52.4 Å². The first-order valence-corrected chi connectivity index (χ1v) is 8.42. The lowest BCUT2D eigenvalue weighted by Crippen LogP contribution is -2.10. The predicted molar refractivity (Wildman–Crippen MR) is 95.0 cm³/mol. The molecule has 0 spiro atoms. The molecule has 1 amide bonds. The number of para-hydroxylation sites is 1. The van der Waals surface area contributed by atoms with Crippen molar-refractivity contribution >= 4 is 44.1 Å². The van der Waals surface area contributed by atoms with Crippen LogP contribution >= 0.6 is 11.3 Å². The second kappa shape index (κ2) is 5.98. The van der Waals surface area contributed by atoms with Crippen LogP contribution in [0.25, 0.3) is 21.2 Å². The molecule has 120 valence electrons. The van der Waals surface area contributed by atoms with Gasteiger partial charge in [0.25, 0.3) is 5.91 Å². The van der Waals surface area contributed by atoms with E-state index in [0.717, 1.165) is 15.6 Å². The summed E-state index contributed by atoms with van der Waals surface area (Å²) in [5.41, 5.74) is 4.00.